The number of rotatable bonds is 6. The van der Waals surface area contributed by atoms with Crippen molar-refractivity contribution in [3.05, 3.63) is 63.6 Å². The standard InChI is InChI=1S/C40H53BrN6O6/c1-24(25-9-11-31-29(18-25)39(44-35(42)46(5)52-39)22-33(50-31)26-13-16-48-37(2,3)20-26)8-7-15-38(4)21-27(14-17-49-38)34-23-40(45-36(43)47(6)53-40)30-19-28(41)10-12-32(30)51-34/h8-12,18-19,26-27,33-34H,7,13-17,20-23H2,1-6H3,(H2,42,44)(H2,43,45). The minimum absolute atomic E-state index is 0.0596. The van der Waals surface area contributed by atoms with Crippen LogP contribution in [0.15, 0.2) is 56.9 Å². The van der Waals surface area contributed by atoms with Gasteiger partial charge in [-0.2, -0.15) is 0 Å². The van der Waals surface area contributed by atoms with Gasteiger partial charge in [-0.15, -0.1) is 0 Å². The number of hydrogen-bond acceptors (Lipinski definition) is 12. The van der Waals surface area contributed by atoms with Crippen LogP contribution in [0.25, 0.3) is 5.57 Å². The van der Waals surface area contributed by atoms with Gasteiger partial charge in [0.2, 0.25) is 23.4 Å². The van der Waals surface area contributed by atoms with Crippen LogP contribution in [0.1, 0.15) is 95.8 Å². The van der Waals surface area contributed by atoms with Crippen LogP contribution in [-0.4, -0.2) is 72.8 Å². The van der Waals surface area contributed by atoms with Crippen LogP contribution >= 0.6 is 15.9 Å². The fourth-order valence-electron chi connectivity index (χ4n) is 9.25. The van der Waals surface area contributed by atoms with Crippen molar-refractivity contribution >= 4 is 33.4 Å². The second-order valence-corrected chi connectivity index (χ2v) is 17.5. The molecule has 2 saturated heterocycles. The fraction of sp³-hybridized carbons (Fsp3) is 0.600. The molecule has 286 valence electrons. The molecular weight excluding hydrogens is 740 g/mol. The molecule has 13 heteroatoms. The molecule has 8 rings (SSSR count). The molecule has 53 heavy (non-hydrogen) atoms. The van der Waals surface area contributed by atoms with Crippen molar-refractivity contribution in [3.8, 4) is 11.5 Å². The predicted molar refractivity (Wildman–Crippen MR) is 206 cm³/mol. The summed E-state index contributed by atoms with van der Waals surface area (Å²) in [6.45, 7) is 10.1. The summed E-state index contributed by atoms with van der Waals surface area (Å²) in [5.41, 5.74) is 14.3. The number of allylic oxidation sites excluding steroid dienone is 2. The molecule has 4 N–H and O–H groups in total. The van der Waals surface area contributed by atoms with E-state index in [1.165, 1.54) is 5.57 Å². The van der Waals surface area contributed by atoms with Crippen molar-refractivity contribution in [2.24, 2.45) is 33.3 Å². The number of hydrogen-bond donors (Lipinski definition) is 2. The van der Waals surface area contributed by atoms with Gasteiger partial charge >= 0.3 is 0 Å². The molecule has 0 aromatic heterocycles. The van der Waals surface area contributed by atoms with Gasteiger partial charge in [0.15, 0.2) is 0 Å². The molecule has 6 heterocycles. The van der Waals surface area contributed by atoms with E-state index in [1.807, 2.05) is 25.2 Å². The van der Waals surface area contributed by atoms with Crippen LogP contribution < -0.4 is 20.9 Å². The van der Waals surface area contributed by atoms with Gasteiger partial charge in [0.05, 0.1) is 22.3 Å². The number of fused-ring (bicyclic) bond motifs is 4. The molecule has 6 aliphatic heterocycles. The zero-order valence-corrected chi connectivity index (χ0v) is 33.3. The Kier molecular flexibility index (Phi) is 9.28. The van der Waals surface area contributed by atoms with E-state index in [4.69, 9.17) is 50.1 Å². The molecule has 2 fully saturated rings. The monoisotopic (exact) mass is 792 g/mol. The van der Waals surface area contributed by atoms with Gasteiger partial charge in [0.25, 0.3) is 0 Å². The lowest BCUT2D eigenvalue weighted by Gasteiger charge is -2.45. The van der Waals surface area contributed by atoms with Gasteiger partial charge in [-0.3, -0.25) is 0 Å². The summed E-state index contributed by atoms with van der Waals surface area (Å²) in [6, 6.07) is 12.4. The Morgan fingerprint density at radius 3 is 1.96 bits per heavy atom. The maximum atomic E-state index is 6.72. The van der Waals surface area contributed by atoms with Gasteiger partial charge < -0.3 is 30.4 Å². The average molecular weight is 794 g/mol. The second kappa shape index (κ2) is 13.4. The minimum atomic E-state index is -0.930. The molecule has 0 radical (unpaired) electrons. The first-order valence-corrected chi connectivity index (χ1v) is 19.7. The predicted octanol–water partition coefficient (Wildman–Crippen LogP) is 6.71. The van der Waals surface area contributed by atoms with Crippen LogP contribution in [0.5, 0.6) is 11.5 Å². The number of nitrogens with two attached hydrogens (primary N) is 2. The van der Waals surface area contributed by atoms with Crippen molar-refractivity contribution in [3.63, 3.8) is 0 Å². The third kappa shape index (κ3) is 6.92. The molecule has 0 bridgehead atoms. The number of halogens is 1. The van der Waals surface area contributed by atoms with Crippen molar-refractivity contribution in [1.29, 1.82) is 0 Å². The molecule has 0 saturated carbocycles. The molecule has 2 spiro atoms. The molecule has 12 nitrogen and oxygen atoms in total. The van der Waals surface area contributed by atoms with E-state index in [-0.39, 0.29) is 29.3 Å². The van der Waals surface area contributed by atoms with Gasteiger partial charge in [-0.1, -0.05) is 28.1 Å². The average Bonchev–Trinajstić information content (AvgIpc) is 3.56. The number of guanidine groups is 2. The van der Waals surface area contributed by atoms with Crippen molar-refractivity contribution in [2.45, 2.75) is 114 Å². The van der Waals surface area contributed by atoms with Crippen LogP contribution in [0.2, 0.25) is 0 Å². The van der Waals surface area contributed by atoms with E-state index in [0.29, 0.717) is 37.3 Å². The Bertz CT molecular complexity index is 1850. The summed E-state index contributed by atoms with van der Waals surface area (Å²) >= 11 is 3.61. The third-order valence-electron chi connectivity index (χ3n) is 12.1. The lowest BCUT2D eigenvalue weighted by Crippen LogP contribution is -2.47. The van der Waals surface area contributed by atoms with E-state index < -0.39 is 11.4 Å². The number of nitrogens with zero attached hydrogens (tertiary/aromatic N) is 4. The van der Waals surface area contributed by atoms with Crippen LogP contribution in [0, 0.1) is 11.8 Å². The van der Waals surface area contributed by atoms with E-state index in [1.54, 1.807) is 17.2 Å². The van der Waals surface area contributed by atoms with Gasteiger partial charge in [-0.25, -0.2) is 29.8 Å². The van der Waals surface area contributed by atoms with Gasteiger partial charge in [0.1, 0.15) is 23.7 Å². The van der Waals surface area contributed by atoms with Crippen LogP contribution in [-0.2, 0) is 30.6 Å². The Morgan fingerprint density at radius 1 is 0.811 bits per heavy atom. The number of hydroxylamine groups is 4. The second-order valence-electron chi connectivity index (χ2n) is 16.6. The number of aliphatic imine (C=N–C) groups is 2. The maximum absolute atomic E-state index is 6.72. The highest BCUT2D eigenvalue weighted by molar-refractivity contribution is 9.10. The Hall–Kier alpha value is -3.36. The highest BCUT2D eigenvalue weighted by Crippen LogP contribution is 2.51. The highest BCUT2D eigenvalue weighted by Gasteiger charge is 2.53. The summed E-state index contributed by atoms with van der Waals surface area (Å²) in [5.74, 6) is 2.91. The zero-order valence-electron chi connectivity index (χ0n) is 31.7. The van der Waals surface area contributed by atoms with E-state index in [2.05, 4.69) is 67.9 Å². The first-order valence-electron chi connectivity index (χ1n) is 18.9. The van der Waals surface area contributed by atoms with Gasteiger partial charge in [0, 0.05) is 56.5 Å². The SMILES string of the molecule is CC(=CCCC1(C)CC(C2CC3(N=C(N)N(C)O3)c3cc(Br)ccc3O2)CCO1)c1ccc2c(c1)C1(CC(C3CCOC(C)(C)C3)O2)N=C(N)N(C)O1. The number of benzene rings is 2. The van der Waals surface area contributed by atoms with Gasteiger partial charge in [-0.05, 0) is 108 Å². The smallest absolute Gasteiger partial charge is 0.221 e. The minimum Gasteiger partial charge on any atom is -0.489 e. The Labute approximate surface area is 320 Å². The first kappa shape index (κ1) is 36.6. The quantitative estimate of drug-likeness (QED) is 0.325. The zero-order chi connectivity index (χ0) is 37.3. The molecular formula is C40H53BrN6O6. The lowest BCUT2D eigenvalue weighted by atomic mass is 9.77. The van der Waals surface area contributed by atoms with Crippen molar-refractivity contribution in [2.75, 3.05) is 27.3 Å². The van der Waals surface area contributed by atoms with E-state index in [9.17, 15) is 0 Å². The van der Waals surface area contributed by atoms with E-state index in [0.717, 1.165) is 77.8 Å². The summed E-state index contributed by atoms with van der Waals surface area (Å²) in [4.78, 5) is 22.5. The molecule has 6 aliphatic rings. The molecule has 2 aromatic rings. The van der Waals surface area contributed by atoms with E-state index >= 15 is 0 Å². The Balaban J connectivity index is 0.970. The molecule has 7 unspecified atom stereocenters. The topological polar surface area (TPSA) is 139 Å². The lowest BCUT2D eigenvalue weighted by molar-refractivity contribution is -0.199. The van der Waals surface area contributed by atoms with Crippen molar-refractivity contribution in [1.82, 2.24) is 10.1 Å². The maximum Gasteiger partial charge on any atom is 0.221 e. The summed E-state index contributed by atoms with van der Waals surface area (Å²) in [5, 5.41) is 3.13. The Morgan fingerprint density at radius 2 is 1.38 bits per heavy atom. The third-order valence-corrected chi connectivity index (χ3v) is 12.6. The normalized spacial score (nSPS) is 35.0. The first-order chi connectivity index (χ1) is 25.2. The van der Waals surface area contributed by atoms with Crippen LogP contribution in [0.3, 0.4) is 0 Å². The molecule has 7 atom stereocenters. The molecule has 0 amide bonds. The summed E-state index contributed by atoms with van der Waals surface area (Å²) in [7, 11) is 3.60. The van der Waals surface area contributed by atoms with Crippen LogP contribution in [0.4, 0.5) is 0 Å². The molecule has 0 aliphatic carbocycles. The molecule has 2 aromatic carbocycles. The summed E-state index contributed by atoms with van der Waals surface area (Å²) < 4.78 is 26.9. The highest BCUT2D eigenvalue weighted by atomic mass is 79.9. The largest absolute Gasteiger partial charge is 0.489 e. The fourth-order valence-corrected chi connectivity index (χ4v) is 9.61. The summed E-state index contributed by atoms with van der Waals surface area (Å²) in [6.07, 6.45) is 8.69. The van der Waals surface area contributed by atoms with Crippen molar-refractivity contribution < 1.29 is 28.6 Å². The number of ether oxygens (including phenoxy) is 4.